The van der Waals surface area contributed by atoms with E-state index in [9.17, 15) is 0 Å². The molecule has 4 heteroatoms. The Morgan fingerprint density at radius 3 is 1.95 bits per heavy atom. The van der Waals surface area contributed by atoms with Crippen LogP contribution >= 0.6 is 11.6 Å². The molecule has 1 aromatic heterocycles. The Morgan fingerprint density at radius 2 is 1.32 bits per heavy atom. The number of rotatable bonds is 2. The SMILES string of the molecule is ClC1N(c2ccccc2)c2cccnc2N1c1ccccc1. The largest absolute Gasteiger partial charge is 0.304 e. The van der Waals surface area contributed by atoms with Crippen LogP contribution < -0.4 is 9.80 Å². The molecule has 3 nitrogen and oxygen atoms in total. The van der Waals surface area contributed by atoms with Crippen molar-refractivity contribution in [2.75, 3.05) is 9.80 Å². The summed E-state index contributed by atoms with van der Waals surface area (Å²) >= 11 is 6.79. The van der Waals surface area contributed by atoms with E-state index < -0.39 is 0 Å². The van der Waals surface area contributed by atoms with Gasteiger partial charge in [0.05, 0.1) is 5.69 Å². The van der Waals surface area contributed by atoms with Crippen molar-refractivity contribution in [3.05, 3.63) is 79.0 Å². The lowest BCUT2D eigenvalue weighted by molar-refractivity contribution is 0.906. The first-order valence-electron chi connectivity index (χ1n) is 7.14. The molecule has 0 spiro atoms. The van der Waals surface area contributed by atoms with Crippen LogP contribution in [-0.2, 0) is 0 Å². The zero-order chi connectivity index (χ0) is 14.9. The summed E-state index contributed by atoms with van der Waals surface area (Å²) in [5.74, 6) is 0.873. The molecule has 22 heavy (non-hydrogen) atoms. The summed E-state index contributed by atoms with van der Waals surface area (Å²) in [7, 11) is 0. The molecule has 3 aromatic rings. The molecule has 1 unspecified atom stereocenters. The van der Waals surface area contributed by atoms with Crippen LogP contribution in [0.3, 0.4) is 0 Å². The summed E-state index contributed by atoms with van der Waals surface area (Å²) in [6.45, 7) is 0. The maximum atomic E-state index is 6.79. The molecule has 0 aliphatic carbocycles. The number of pyridine rings is 1. The molecular weight excluding hydrogens is 294 g/mol. The van der Waals surface area contributed by atoms with Crippen molar-refractivity contribution in [2.45, 2.75) is 5.62 Å². The predicted octanol–water partition coefficient (Wildman–Crippen LogP) is 4.89. The third kappa shape index (κ3) is 2.02. The van der Waals surface area contributed by atoms with E-state index >= 15 is 0 Å². The van der Waals surface area contributed by atoms with Crippen LogP contribution in [0.2, 0.25) is 0 Å². The topological polar surface area (TPSA) is 19.4 Å². The summed E-state index contributed by atoms with van der Waals surface area (Å²) in [5, 5.41) is 0. The zero-order valence-corrected chi connectivity index (χ0v) is 12.6. The first-order chi connectivity index (χ1) is 10.9. The Balaban J connectivity index is 1.87. The molecule has 2 aromatic carbocycles. The molecule has 1 atom stereocenters. The standard InChI is InChI=1S/C18H14ClN3/c19-18-21(14-8-3-1-4-9-14)16-12-7-13-20-17(16)22(18)15-10-5-2-6-11-15/h1-13,18H. The number of para-hydroxylation sites is 2. The maximum Gasteiger partial charge on any atom is 0.190 e. The van der Waals surface area contributed by atoms with Gasteiger partial charge in [0.15, 0.2) is 11.4 Å². The lowest BCUT2D eigenvalue weighted by Gasteiger charge is -2.27. The molecule has 0 saturated carbocycles. The van der Waals surface area contributed by atoms with Gasteiger partial charge in [-0.3, -0.25) is 4.90 Å². The fourth-order valence-corrected chi connectivity index (χ4v) is 3.20. The van der Waals surface area contributed by atoms with Gasteiger partial charge in [-0.25, -0.2) is 4.98 Å². The predicted molar refractivity (Wildman–Crippen MR) is 91.0 cm³/mol. The number of anilines is 4. The van der Waals surface area contributed by atoms with Crippen LogP contribution in [0.4, 0.5) is 22.9 Å². The van der Waals surface area contributed by atoms with E-state index in [1.165, 1.54) is 0 Å². The van der Waals surface area contributed by atoms with Crippen molar-refractivity contribution in [3.8, 4) is 0 Å². The van der Waals surface area contributed by atoms with Gasteiger partial charge < -0.3 is 4.90 Å². The number of hydrogen-bond acceptors (Lipinski definition) is 3. The number of alkyl halides is 1. The summed E-state index contributed by atoms with van der Waals surface area (Å²) in [6, 6.07) is 24.2. The summed E-state index contributed by atoms with van der Waals surface area (Å²) in [4.78, 5) is 8.68. The molecule has 1 aliphatic rings. The number of nitrogens with zero attached hydrogens (tertiary/aromatic N) is 3. The quantitative estimate of drug-likeness (QED) is 0.496. The Labute approximate surface area is 134 Å². The average molecular weight is 308 g/mol. The molecule has 0 fully saturated rings. The van der Waals surface area contributed by atoms with Crippen LogP contribution in [-0.4, -0.2) is 10.6 Å². The second kappa shape index (κ2) is 5.35. The van der Waals surface area contributed by atoms with Gasteiger partial charge in [-0.2, -0.15) is 0 Å². The Morgan fingerprint density at radius 1 is 0.727 bits per heavy atom. The van der Waals surface area contributed by atoms with E-state index in [-0.39, 0.29) is 5.62 Å². The van der Waals surface area contributed by atoms with Gasteiger partial charge in [-0.05, 0) is 36.4 Å². The minimum atomic E-state index is -0.352. The van der Waals surface area contributed by atoms with E-state index in [1.807, 2.05) is 65.6 Å². The average Bonchev–Trinajstić information content (AvgIpc) is 2.88. The van der Waals surface area contributed by atoms with Crippen molar-refractivity contribution in [3.63, 3.8) is 0 Å². The minimum Gasteiger partial charge on any atom is -0.304 e. The van der Waals surface area contributed by atoms with Crippen LogP contribution in [0.5, 0.6) is 0 Å². The van der Waals surface area contributed by atoms with E-state index in [1.54, 1.807) is 6.20 Å². The van der Waals surface area contributed by atoms with Crippen LogP contribution in [0, 0.1) is 0 Å². The third-order valence-corrected chi connectivity index (χ3v) is 4.14. The molecule has 0 saturated heterocycles. The van der Waals surface area contributed by atoms with Crippen LogP contribution in [0.1, 0.15) is 0 Å². The number of halogens is 1. The summed E-state index contributed by atoms with van der Waals surface area (Å²) in [5.41, 5.74) is 2.74. The fraction of sp³-hybridized carbons (Fsp3) is 0.0556. The lowest BCUT2D eigenvalue weighted by atomic mass is 10.3. The van der Waals surface area contributed by atoms with E-state index in [0.717, 1.165) is 22.9 Å². The molecule has 2 heterocycles. The highest BCUT2D eigenvalue weighted by molar-refractivity contribution is 6.26. The number of fused-ring (bicyclic) bond motifs is 1. The van der Waals surface area contributed by atoms with Gasteiger partial charge in [0.1, 0.15) is 0 Å². The second-order valence-electron chi connectivity index (χ2n) is 5.07. The monoisotopic (exact) mass is 307 g/mol. The molecule has 1 aliphatic heterocycles. The van der Waals surface area contributed by atoms with Crippen molar-refractivity contribution in [1.29, 1.82) is 0 Å². The normalized spacial score (nSPS) is 16.7. The Bertz CT molecular complexity index is 710. The Kier molecular flexibility index (Phi) is 3.20. The number of benzene rings is 2. The van der Waals surface area contributed by atoms with Gasteiger partial charge >= 0.3 is 0 Å². The van der Waals surface area contributed by atoms with Crippen LogP contribution in [0.25, 0.3) is 0 Å². The molecule has 108 valence electrons. The van der Waals surface area contributed by atoms with Crippen molar-refractivity contribution >= 4 is 34.5 Å². The van der Waals surface area contributed by atoms with E-state index in [4.69, 9.17) is 11.6 Å². The van der Waals surface area contributed by atoms with Gasteiger partial charge in [-0.1, -0.05) is 48.0 Å². The van der Waals surface area contributed by atoms with Crippen molar-refractivity contribution in [2.24, 2.45) is 0 Å². The summed E-state index contributed by atoms with van der Waals surface area (Å²) < 4.78 is 0. The molecule has 4 rings (SSSR count). The highest BCUT2D eigenvalue weighted by atomic mass is 35.5. The molecule has 0 radical (unpaired) electrons. The number of aromatic nitrogens is 1. The Hall–Kier alpha value is -2.52. The zero-order valence-electron chi connectivity index (χ0n) is 11.8. The van der Waals surface area contributed by atoms with E-state index in [2.05, 4.69) is 22.0 Å². The fourth-order valence-electron chi connectivity index (χ4n) is 2.78. The van der Waals surface area contributed by atoms with E-state index in [0.29, 0.717) is 0 Å². The number of hydrogen-bond donors (Lipinski definition) is 0. The molecule has 0 amide bonds. The van der Waals surface area contributed by atoms with Gasteiger partial charge in [0.2, 0.25) is 0 Å². The first-order valence-corrected chi connectivity index (χ1v) is 7.57. The molecule has 0 N–H and O–H groups in total. The van der Waals surface area contributed by atoms with Gasteiger partial charge in [-0.15, -0.1) is 0 Å². The second-order valence-corrected chi connectivity index (χ2v) is 5.46. The lowest BCUT2D eigenvalue weighted by Crippen LogP contribution is -2.33. The minimum absolute atomic E-state index is 0.352. The van der Waals surface area contributed by atoms with Gasteiger partial charge in [0.25, 0.3) is 0 Å². The highest BCUT2D eigenvalue weighted by Gasteiger charge is 2.37. The molecule has 0 bridgehead atoms. The summed E-state index contributed by atoms with van der Waals surface area (Å²) in [6.07, 6.45) is 1.80. The van der Waals surface area contributed by atoms with Crippen molar-refractivity contribution < 1.29 is 0 Å². The molecular formula is C18H14ClN3. The maximum absolute atomic E-state index is 6.79. The van der Waals surface area contributed by atoms with Crippen LogP contribution in [0.15, 0.2) is 79.0 Å². The first kappa shape index (κ1) is 13.2. The third-order valence-electron chi connectivity index (χ3n) is 3.75. The van der Waals surface area contributed by atoms with Crippen molar-refractivity contribution in [1.82, 2.24) is 4.98 Å². The smallest absolute Gasteiger partial charge is 0.190 e. The highest BCUT2D eigenvalue weighted by Crippen LogP contribution is 2.47. The van der Waals surface area contributed by atoms with Gasteiger partial charge in [0, 0.05) is 17.6 Å².